The lowest BCUT2D eigenvalue weighted by molar-refractivity contribution is -0.137. The summed E-state index contributed by atoms with van der Waals surface area (Å²) in [6.07, 6.45) is -4.51. The molecule has 0 saturated carbocycles. The van der Waals surface area contributed by atoms with Crippen LogP contribution in [0.5, 0.6) is 0 Å². The number of carbonyl (C=O) groups is 1. The number of benzene rings is 1. The van der Waals surface area contributed by atoms with Gasteiger partial charge in [-0.05, 0) is 52.7 Å². The van der Waals surface area contributed by atoms with E-state index in [0.29, 0.717) is 16.4 Å². The van der Waals surface area contributed by atoms with Gasteiger partial charge in [0.25, 0.3) is 5.91 Å². The molecule has 37 heavy (non-hydrogen) atoms. The average molecular weight is 624 g/mol. The topological polar surface area (TPSA) is 138 Å². The van der Waals surface area contributed by atoms with Crippen LogP contribution in [0.1, 0.15) is 28.5 Å². The van der Waals surface area contributed by atoms with E-state index in [0.717, 1.165) is 0 Å². The highest BCUT2D eigenvalue weighted by atomic mass is 79.9. The Morgan fingerprint density at radius 2 is 1.89 bits per heavy atom. The van der Waals surface area contributed by atoms with Crippen molar-refractivity contribution in [2.75, 3.05) is 24.3 Å². The zero-order chi connectivity index (χ0) is 27.4. The molecule has 198 valence electrons. The molecule has 0 spiro atoms. The van der Waals surface area contributed by atoms with Gasteiger partial charge in [-0.25, -0.2) is 9.97 Å². The molecular weight excluding hydrogens is 604 g/mol. The fourth-order valence-corrected chi connectivity index (χ4v) is 4.77. The van der Waals surface area contributed by atoms with Gasteiger partial charge in [-0.15, -0.1) is 0 Å². The minimum absolute atomic E-state index is 0.0252. The van der Waals surface area contributed by atoms with Gasteiger partial charge in [0.2, 0.25) is 5.95 Å². The first-order chi connectivity index (χ1) is 17.3. The predicted octanol–water partition coefficient (Wildman–Crippen LogP) is 5.88. The highest BCUT2D eigenvalue weighted by Gasteiger charge is 2.36. The fraction of sp³-hybridized carbons (Fsp3) is 0.238. The second-order valence-electron chi connectivity index (χ2n) is 7.34. The van der Waals surface area contributed by atoms with E-state index in [1.807, 2.05) is 0 Å². The maximum absolute atomic E-state index is 13.7. The van der Waals surface area contributed by atoms with E-state index in [1.165, 1.54) is 37.4 Å². The molecule has 1 aromatic carbocycles. The van der Waals surface area contributed by atoms with E-state index in [2.05, 4.69) is 46.8 Å². The van der Waals surface area contributed by atoms with E-state index in [1.54, 1.807) is 6.92 Å². The largest absolute Gasteiger partial charge is 0.421 e. The highest BCUT2D eigenvalue weighted by Crippen LogP contribution is 2.46. The lowest BCUT2D eigenvalue weighted by atomic mass is 10.2. The van der Waals surface area contributed by atoms with Crippen LogP contribution in [0, 0.1) is 0 Å². The van der Waals surface area contributed by atoms with Crippen molar-refractivity contribution < 1.29 is 31.9 Å². The molecule has 0 fully saturated rings. The van der Waals surface area contributed by atoms with E-state index in [4.69, 9.17) is 16.1 Å². The van der Waals surface area contributed by atoms with Crippen LogP contribution in [0.25, 0.3) is 0 Å². The van der Waals surface area contributed by atoms with Crippen molar-refractivity contribution in [2.24, 2.45) is 0 Å². The molecule has 0 bridgehead atoms. The Hall–Kier alpha value is -2.77. The van der Waals surface area contributed by atoms with Crippen molar-refractivity contribution in [3.63, 3.8) is 0 Å². The molecule has 3 aromatic rings. The molecule has 1 amide bonds. The third-order valence-electron chi connectivity index (χ3n) is 4.64. The molecule has 1 unspecified atom stereocenters. The van der Waals surface area contributed by atoms with Crippen molar-refractivity contribution in [3.05, 3.63) is 63.0 Å². The predicted molar refractivity (Wildman–Crippen MR) is 136 cm³/mol. The van der Waals surface area contributed by atoms with Crippen molar-refractivity contribution in [2.45, 2.75) is 19.3 Å². The molecular formula is C21H20BrClF3N6O4P. The lowest BCUT2D eigenvalue weighted by Crippen LogP contribution is -2.21. The maximum atomic E-state index is 13.7. The number of halogens is 5. The molecule has 10 nitrogen and oxygen atoms in total. The van der Waals surface area contributed by atoms with Gasteiger partial charge in [0.05, 0.1) is 29.2 Å². The molecule has 2 aromatic heterocycles. The number of aromatic nitrogens is 3. The molecule has 0 aliphatic rings. The first-order valence-electron chi connectivity index (χ1n) is 10.4. The fourth-order valence-electron chi connectivity index (χ4n) is 3.06. The second-order valence-corrected chi connectivity index (χ2v) is 10.4. The van der Waals surface area contributed by atoms with Crippen LogP contribution in [-0.4, -0.2) is 39.4 Å². The van der Waals surface area contributed by atoms with Crippen LogP contribution < -0.4 is 16.0 Å². The van der Waals surface area contributed by atoms with Gasteiger partial charge in [-0.3, -0.25) is 9.36 Å². The summed E-state index contributed by atoms with van der Waals surface area (Å²) < 4.78 is 58.2. The van der Waals surface area contributed by atoms with E-state index >= 15 is 0 Å². The van der Waals surface area contributed by atoms with Gasteiger partial charge < -0.3 is 25.4 Å². The summed E-state index contributed by atoms with van der Waals surface area (Å²) >= 11 is 9.39. The summed E-state index contributed by atoms with van der Waals surface area (Å²) in [7, 11) is -2.49. The third-order valence-corrected chi connectivity index (χ3v) is 6.82. The molecule has 0 saturated heterocycles. The van der Waals surface area contributed by atoms with Crippen LogP contribution in [0.2, 0.25) is 5.02 Å². The molecule has 0 radical (unpaired) electrons. The Bertz CT molecular complexity index is 1360. The number of nitrogens with one attached hydrogen (secondary N) is 3. The SMILES string of the molecule is CCOP(=O)(O)Cc1ccc(Nc2ncc(C(F)(F)F)c(Nc3ccc(Br)nc3C(=O)NC)n2)c(Cl)c1. The number of hydrogen-bond donors (Lipinski definition) is 4. The summed E-state index contributed by atoms with van der Waals surface area (Å²) in [6.45, 7) is 1.65. The second kappa shape index (κ2) is 11.7. The normalized spacial score (nSPS) is 13.1. The van der Waals surface area contributed by atoms with Gasteiger partial charge >= 0.3 is 13.8 Å². The van der Waals surface area contributed by atoms with Gasteiger partial charge in [0.15, 0.2) is 5.69 Å². The number of hydrogen-bond acceptors (Lipinski definition) is 8. The average Bonchev–Trinajstić information content (AvgIpc) is 2.80. The van der Waals surface area contributed by atoms with Crippen LogP contribution in [-0.2, 0) is 21.4 Å². The van der Waals surface area contributed by atoms with Crippen molar-refractivity contribution in [1.82, 2.24) is 20.3 Å². The molecule has 3 rings (SSSR count). The number of carbonyl (C=O) groups excluding carboxylic acids is 1. The number of amides is 1. The van der Waals surface area contributed by atoms with Crippen molar-refractivity contribution >= 4 is 64.2 Å². The first kappa shape index (κ1) is 28.8. The van der Waals surface area contributed by atoms with Crippen LogP contribution in [0.15, 0.2) is 41.1 Å². The number of anilines is 4. The molecule has 2 heterocycles. The quantitative estimate of drug-likeness (QED) is 0.170. The Kier molecular flexibility index (Phi) is 9.13. The zero-order valence-electron chi connectivity index (χ0n) is 19.2. The Labute approximate surface area is 222 Å². The smallest absolute Gasteiger partial charge is 0.354 e. The molecule has 1 atom stereocenters. The molecule has 0 aliphatic heterocycles. The van der Waals surface area contributed by atoms with Crippen molar-refractivity contribution in [3.8, 4) is 0 Å². The summed E-state index contributed by atoms with van der Waals surface area (Å²) in [5, 5.41) is 7.71. The number of pyridine rings is 1. The highest BCUT2D eigenvalue weighted by molar-refractivity contribution is 9.10. The minimum atomic E-state index is -4.81. The monoisotopic (exact) mass is 622 g/mol. The summed E-state index contributed by atoms with van der Waals surface area (Å²) in [5.74, 6) is -1.50. The van der Waals surface area contributed by atoms with Gasteiger partial charge in [-0.1, -0.05) is 17.7 Å². The number of rotatable bonds is 9. The van der Waals surface area contributed by atoms with E-state index in [9.17, 15) is 27.4 Å². The standard InChI is InChI=1S/C21H20BrClF3N6O4P/c1-3-36-37(34,35)10-11-4-5-14(13(23)8-11)30-20-28-9-12(21(24,25)26)18(32-20)29-15-6-7-16(22)31-17(15)19(33)27-2/h4-9H,3,10H2,1-2H3,(H,27,33)(H,34,35)(H2,28,29,30,32). The number of nitrogens with zero attached hydrogens (tertiary/aromatic N) is 3. The van der Waals surface area contributed by atoms with Crippen LogP contribution in [0.4, 0.5) is 36.3 Å². The molecule has 16 heteroatoms. The van der Waals surface area contributed by atoms with Crippen LogP contribution >= 0.6 is 35.1 Å². The summed E-state index contributed by atoms with van der Waals surface area (Å²) in [4.78, 5) is 33.7. The Morgan fingerprint density at radius 1 is 1.19 bits per heavy atom. The first-order valence-corrected chi connectivity index (χ1v) is 13.4. The minimum Gasteiger partial charge on any atom is -0.354 e. The van der Waals surface area contributed by atoms with Crippen molar-refractivity contribution in [1.29, 1.82) is 0 Å². The van der Waals surface area contributed by atoms with Gasteiger partial charge in [0, 0.05) is 13.2 Å². The van der Waals surface area contributed by atoms with Crippen LogP contribution in [0.3, 0.4) is 0 Å². The molecule has 0 aliphatic carbocycles. The summed E-state index contributed by atoms with van der Waals surface area (Å²) in [6, 6.07) is 7.19. The zero-order valence-corrected chi connectivity index (χ0v) is 22.5. The Balaban J connectivity index is 1.94. The number of alkyl halides is 3. The van der Waals surface area contributed by atoms with E-state index < -0.39 is 31.1 Å². The van der Waals surface area contributed by atoms with Gasteiger partial charge in [-0.2, -0.15) is 18.2 Å². The van der Waals surface area contributed by atoms with E-state index in [-0.39, 0.29) is 40.8 Å². The summed E-state index contributed by atoms with van der Waals surface area (Å²) in [5.41, 5.74) is -0.723. The third kappa shape index (κ3) is 7.62. The Morgan fingerprint density at radius 3 is 2.51 bits per heavy atom. The molecule has 4 N–H and O–H groups in total. The lowest BCUT2D eigenvalue weighted by Gasteiger charge is -2.17. The van der Waals surface area contributed by atoms with Gasteiger partial charge in [0.1, 0.15) is 16.0 Å². The maximum Gasteiger partial charge on any atom is 0.421 e.